The zero-order valence-corrected chi connectivity index (χ0v) is 13.6. The Hall–Kier alpha value is -1.10. The van der Waals surface area contributed by atoms with Gasteiger partial charge in [0.25, 0.3) is 0 Å². The lowest BCUT2D eigenvalue weighted by Gasteiger charge is -2.36. The highest BCUT2D eigenvalue weighted by atomic mass is 16.5. The first-order valence-corrected chi connectivity index (χ1v) is 7.83. The predicted octanol–water partition coefficient (Wildman–Crippen LogP) is 2.46. The van der Waals surface area contributed by atoms with Crippen molar-refractivity contribution in [2.45, 2.75) is 39.0 Å². The van der Waals surface area contributed by atoms with Crippen molar-refractivity contribution >= 4 is 0 Å². The van der Waals surface area contributed by atoms with Gasteiger partial charge < -0.3 is 14.8 Å². The van der Waals surface area contributed by atoms with Crippen LogP contribution in [0.3, 0.4) is 0 Å². The van der Waals surface area contributed by atoms with Crippen molar-refractivity contribution in [2.75, 3.05) is 33.4 Å². The number of benzene rings is 1. The topological polar surface area (TPSA) is 33.7 Å². The van der Waals surface area contributed by atoms with E-state index in [9.17, 15) is 0 Å². The molecule has 0 spiro atoms. The Balaban J connectivity index is 1.87. The Morgan fingerprint density at radius 2 is 2.10 bits per heavy atom. The van der Waals surface area contributed by atoms with E-state index in [1.54, 1.807) is 7.11 Å². The first-order chi connectivity index (χ1) is 10.1. The molecular formula is C17H28N2O2. The van der Waals surface area contributed by atoms with Crippen molar-refractivity contribution < 1.29 is 9.47 Å². The van der Waals surface area contributed by atoms with Crippen LogP contribution in [0.2, 0.25) is 0 Å². The number of para-hydroxylation sites is 1. The number of nitrogens with one attached hydrogen (secondary N) is 1. The van der Waals surface area contributed by atoms with E-state index < -0.39 is 0 Å². The summed E-state index contributed by atoms with van der Waals surface area (Å²) in [5.41, 5.74) is 1.19. The van der Waals surface area contributed by atoms with Crippen LogP contribution in [0, 0.1) is 0 Å². The molecule has 0 saturated carbocycles. The zero-order valence-electron chi connectivity index (χ0n) is 13.6. The average Bonchev–Trinajstić information content (AvgIpc) is 2.52. The van der Waals surface area contributed by atoms with Crippen LogP contribution in [0.15, 0.2) is 24.3 Å². The molecule has 0 bridgehead atoms. The molecule has 1 saturated heterocycles. The standard InChI is InChI=1S/C17H28N2O2/c1-13(2)19-9-10-21-15(12-19)11-18-14(3)16-7-5-6-8-17(16)20-4/h5-8,13-15,18H,9-12H2,1-4H3/t14-,15?/m0/s1. The molecule has 1 heterocycles. The van der Waals surface area contributed by atoms with E-state index in [0.29, 0.717) is 6.04 Å². The van der Waals surface area contributed by atoms with Gasteiger partial charge in [0.1, 0.15) is 5.75 Å². The van der Waals surface area contributed by atoms with Gasteiger partial charge in [-0.05, 0) is 26.8 Å². The summed E-state index contributed by atoms with van der Waals surface area (Å²) in [5.74, 6) is 0.936. The number of morpholine rings is 1. The second kappa shape index (κ2) is 7.78. The Morgan fingerprint density at radius 3 is 2.81 bits per heavy atom. The summed E-state index contributed by atoms with van der Waals surface area (Å²) in [7, 11) is 1.72. The predicted molar refractivity (Wildman–Crippen MR) is 85.9 cm³/mol. The molecule has 1 aliphatic heterocycles. The third-order valence-corrected chi connectivity index (χ3v) is 4.16. The molecule has 2 rings (SSSR count). The maximum absolute atomic E-state index is 5.87. The molecule has 1 N–H and O–H groups in total. The number of hydrogen-bond donors (Lipinski definition) is 1. The summed E-state index contributed by atoms with van der Waals surface area (Å²) >= 11 is 0. The molecular weight excluding hydrogens is 264 g/mol. The highest BCUT2D eigenvalue weighted by Crippen LogP contribution is 2.24. The van der Waals surface area contributed by atoms with E-state index in [1.165, 1.54) is 5.56 Å². The second-order valence-electron chi connectivity index (χ2n) is 5.95. The van der Waals surface area contributed by atoms with Crippen molar-refractivity contribution in [3.63, 3.8) is 0 Å². The second-order valence-corrected chi connectivity index (χ2v) is 5.95. The van der Waals surface area contributed by atoms with Gasteiger partial charge in [0.2, 0.25) is 0 Å². The summed E-state index contributed by atoms with van der Waals surface area (Å²) < 4.78 is 11.3. The van der Waals surface area contributed by atoms with E-state index in [0.717, 1.165) is 32.0 Å². The molecule has 0 aromatic heterocycles. The molecule has 0 radical (unpaired) electrons. The van der Waals surface area contributed by atoms with Crippen LogP contribution >= 0.6 is 0 Å². The number of rotatable bonds is 6. The maximum Gasteiger partial charge on any atom is 0.123 e. The third-order valence-electron chi connectivity index (χ3n) is 4.16. The van der Waals surface area contributed by atoms with Crippen LogP contribution in [0.1, 0.15) is 32.4 Å². The molecule has 0 aliphatic carbocycles. The molecule has 1 aromatic rings. The minimum absolute atomic E-state index is 0.249. The van der Waals surface area contributed by atoms with Crippen molar-refractivity contribution in [1.29, 1.82) is 0 Å². The van der Waals surface area contributed by atoms with Crippen LogP contribution in [-0.2, 0) is 4.74 Å². The molecule has 4 nitrogen and oxygen atoms in total. The summed E-state index contributed by atoms with van der Waals surface area (Å²) in [6, 6.07) is 9.00. The third kappa shape index (κ3) is 4.43. The fourth-order valence-corrected chi connectivity index (χ4v) is 2.78. The van der Waals surface area contributed by atoms with E-state index in [1.807, 2.05) is 18.2 Å². The molecule has 1 aromatic carbocycles. The molecule has 0 amide bonds. The van der Waals surface area contributed by atoms with Crippen molar-refractivity contribution in [3.8, 4) is 5.75 Å². The van der Waals surface area contributed by atoms with Crippen LogP contribution in [0.25, 0.3) is 0 Å². The first kappa shape index (κ1) is 16.3. The highest BCUT2D eigenvalue weighted by Gasteiger charge is 2.22. The van der Waals surface area contributed by atoms with Gasteiger partial charge in [-0.25, -0.2) is 0 Å². The van der Waals surface area contributed by atoms with E-state index in [-0.39, 0.29) is 12.1 Å². The van der Waals surface area contributed by atoms with Gasteiger partial charge in [-0.3, -0.25) is 4.90 Å². The maximum atomic E-state index is 5.87. The average molecular weight is 292 g/mol. The Bertz CT molecular complexity index is 437. The van der Waals surface area contributed by atoms with Crippen molar-refractivity contribution in [1.82, 2.24) is 10.2 Å². The fourth-order valence-electron chi connectivity index (χ4n) is 2.78. The van der Waals surface area contributed by atoms with Gasteiger partial charge in [-0.15, -0.1) is 0 Å². The molecule has 1 fully saturated rings. The smallest absolute Gasteiger partial charge is 0.123 e. The summed E-state index contributed by atoms with van der Waals surface area (Å²) in [6.07, 6.45) is 0.262. The van der Waals surface area contributed by atoms with Gasteiger partial charge in [-0.2, -0.15) is 0 Å². The number of hydrogen-bond acceptors (Lipinski definition) is 4. The highest BCUT2D eigenvalue weighted by molar-refractivity contribution is 5.35. The summed E-state index contributed by atoms with van der Waals surface area (Å²) in [6.45, 7) is 10.4. The fraction of sp³-hybridized carbons (Fsp3) is 0.647. The largest absolute Gasteiger partial charge is 0.496 e. The number of nitrogens with zero attached hydrogens (tertiary/aromatic N) is 1. The summed E-state index contributed by atoms with van der Waals surface area (Å²) in [5, 5.41) is 3.57. The molecule has 4 heteroatoms. The van der Waals surface area contributed by atoms with Gasteiger partial charge in [0.05, 0.1) is 19.8 Å². The normalized spacial score (nSPS) is 21.5. The van der Waals surface area contributed by atoms with Gasteiger partial charge in [0.15, 0.2) is 0 Å². The molecule has 2 atom stereocenters. The monoisotopic (exact) mass is 292 g/mol. The van der Waals surface area contributed by atoms with Gasteiger partial charge >= 0.3 is 0 Å². The zero-order chi connectivity index (χ0) is 15.2. The molecule has 21 heavy (non-hydrogen) atoms. The lowest BCUT2D eigenvalue weighted by atomic mass is 10.1. The molecule has 118 valence electrons. The van der Waals surface area contributed by atoms with Crippen molar-refractivity contribution in [3.05, 3.63) is 29.8 Å². The van der Waals surface area contributed by atoms with Crippen molar-refractivity contribution in [2.24, 2.45) is 0 Å². The van der Waals surface area contributed by atoms with Crippen LogP contribution in [0.5, 0.6) is 5.75 Å². The minimum atomic E-state index is 0.249. The Kier molecular flexibility index (Phi) is 6.03. The Morgan fingerprint density at radius 1 is 1.33 bits per heavy atom. The van der Waals surface area contributed by atoms with Crippen LogP contribution < -0.4 is 10.1 Å². The molecule has 1 unspecified atom stereocenters. The van der Waals surface area contributed by atoms with E-state index in [4.69, 9.17) is 9.47 Å². The first-order valence-electron chi connectivity index (χ1n) is 7.83. The van der Waals surface area contributed by atoms with Crippen LogP contribution in [0.4, 0.5) is 0 Å². The molecule has 1 aliphatic rings. The summed E-state index contributed by atoms with van der Waals surface area (Å²) in [4.78, 5) is 2.48. The number of ether oxygens (including phenoxy) is 2. The lowest BCUT2D eigenvalue weighted by Crippen LogP contribution is -2.49. The number of methoxy groups -OCH3 is 1. The SMILES string of the molecule is COc1ccccc1[C@H](C)NCC1CN(C(C)C)CCO1. The quantitative estimate of drug-likeness (QED) is 0.873. The minimum Gasteiger partial charge on any atom is -0.496 e. The Labute approximate surface area is 128 Å². The lowest BCUT2D eigenvalue weighted by molar-refractivity contribution is -0.0380. The van der Waals surface area contributed by atoms with Gasteiger partial charge in [-0.1, -0.05) is 18.2 Å². The van der Waals surface area contributed by atoms with Gasteiger partial charge in [0, 0.05) is 37.3 Å². The van der Waals surface area contributed by atoms with E-state index in [2.05, 4.69) is 37.1 Å². The van der Waals surface area contributed by atoms with E-state index >= 15 is 0 Å². The van der Waals surface area contributed by atoms with Crippen LogP contribution in [-0.4, -0.2) is 50.4 Å².